The van der Waals surface area contributed by atoms with E-state index in [1.807, 2.05) is 6.20 Å². The molecule has 1 aliphatic rings. The van der Waals surface area contributed by atoms with Crippen molar-refractivity contribution in [2.75, 3.05) is 0 Å². The van der Waals surface area contributed by atoms with E-state index in [1.165, 1.54) is 22.4 Å². The summed E-state index contributed by atoms with van der Waals surface area (Å²) in [7, 11) is 0. The molecule has 2 aromatic rings. The first-order valence-electron chi connectivity index (χ1n) is 6.34. The first-order valence-corrected chi connectivity index (χ1v) is 7.15. The highest BCUT2D eigenvalue weighted by molar-refractivity contribution is 7.15. The van der Waals surface area contributed by atoms with Crippen LogP contribution >= 0.6 is 11.3 Å². The van der Waals surface area contributed by atoms with Gasteiger partial charge in [0.2, 0.25) is 0 Å². The van der Waals surface area contributed by atoms with E-state index in [-0.39, 0.29) is 6.04 Å². The lowest BCUT2D eigenvalue weighted by Gasteiger charge is -2.15. The molecule has 2 aromatic heterocycles. The molecule has 0 radical (unpaired) electrons. The number of nitrogens with two attached hydrogens (primary N) is 1. The molecule has 4 heteroatoms. The Hall–Kier alpha value is -1.26. The van der Waals surface area contributed by atoms with Gasteiger partial charge in [0.15, 0.2) is 0 Å². The van der Waals surface area contributed by atoms with Gasteiger partial charge < -0.3 is 5.73 Å². The lowest BCUT2D eigenvalue weighted by molar-refractivity contribution is 0.564. The van der Waals surface area contributed by atoms with Gasteiger partial charge in [-0.05, 0) is 44.2 Å². The fourth-order valence-corrected chi connectivity index (χ4v) is 3.73. The maximum Gasteiger partial charge on any atom is 0.142 e. The standard InChI is InChI=1S/C14H17N3S/c1-8-6-9(2)12(16-7-8)14-17-13-10(15)4-3-5-11(13)18-14/h6-7,10H,3-5,15H2,1-2H3. The highest BCUT2D eigenvalue weighted by Gasteiger charge is 2.23. The molecule has 0 bridgehead atoms. The van der Waals surface area contributed by atoms with Gasteiger partial charge in [-0.3, -0.25) is 4.98 Å². The molecule has 0 aliphatic heterocycles. The molecule has 1 unspecified atom stereocenters. The Labute approximate surface area is 111 Å². The van der Waals surface area contributed by atoms with Gasteiger partial charge in [0.05, 0.1) is 5.69 Å². The van der Waals surface area contributed by atoms with Crippen molar-refractivity contribution in [2.45, 2.75) is 39.2 Å². The third-order valence-corrected chi connectivity index (χ3v) is 4.55. The lowest BCUT2D eigenvalue weighted by atomic mass is 9.99. The first-order chi connectivity index (χ1) is 8.65. The van der Waals surface area contributed by atoms with Crippen LogP contribution in [0.3, 0.4) is 0 Å². The molecular weight excluding hydrogens is 242 g/mol. The van der Waals surface area contributed by atoms with E-state index in [4.69, 9.17) is 10.7 Å². The molecule has 2 N–H and O–H groups in total. The minimum Gasteiger partial charge on any atom is -0.323 e. The zero-order chi connectivity index (χ0) is 12.7. The van der Waals surface area contributed by atoms with Crippen LogP contribution in [0.15, 0.2) is 12.3 Å². The lowest BCUT2D eigenvalue weighted by Crippen LogP contribution is -2.16. The van der Waals surface area contributed by atoms with Crippen molar-refractivity contribution in [2.24, 2.45) is 5.73 Å². The second-order valence-electron chi connectivity index (χ2n) is 5.00. The molecule has 0 amide bonds. The van der Waals surface area contributed by atoms with Crippen molar-refractivity contribution < 1.29 is 0 Å². The summed E-state index contributed by atoms with van der Waals surface area (Å²) >= 11 is 1.76. The molecule has 1 atom stereocenters. The molecule has 0 saturated heterocycles. The Morgan fingerprint density at radius 3 is 2.94 bits per heavy atom. The van der Waals surface area contributed by atoms with Crippen LogP contribution in [-0.2, 0) is 6.42 Å². The molecule has 0 saturated carbocycles. The van der Waals surface area contributed by atoms with Crippen molar-refractivity contribution in [3.05, 3.63) is 34.0 Å². The fraction of sp³-hybridized carbons (Fsp3) is 0.429. The Morgan fingerprint density at radius 1 is 1.39 bits per heavy atom. The normalized spacial score (nSPS) is 18.7. The van der Waals surface area contributed by atoms with Crippen molar-refractivity contribution in [3.8, 4) is 10.7 Å². The highest BCUT2D eigenvalue weighted by atomic mass is 32.1. The van der Waals surface area contributed by atoms with Gasteiger partial charge in [0.25, 0.3) is 0 Å². The quantitative estimate of drug-likeness (QED) is 0.856. The van der Waals surface area contributed by atoms with Crippen LogP contribution < -0.4 is 5.73 Å². The van der Waals surface area contributed by atoms with Crippen LogP contribution in [-0.4, -0.2) is 9.97 Å². The number of fused-ring (bicyclic) bond motifs is 1. The number of aryl methyl sites for hydroxylation is 3. The maximum absolute atomic E-state index is 6.12. The number of nitrogens with zero attached hydrogens (tertiary/aromatic N) is 2. The summed E-state index contributed by atoms with van der Waals surface area (Å²) in [6.07, 6.45) is 5.25. The second kappa shape index (κ2) is 4.44. The summed E-state index contributed by atoms with van der Waals surface area (Å²) in [6, 6.07) is 2.27. The van der Waals surface area contributed by atoms with E-state index in [1.54, 1.807) is 11.3 Å². The molecule has 18 heavy (non-hydrogen) atoms. The van der Waals surface area contributed by atoms with Crippen LogP contribution in [0.25, 0.3) is 10.7 Å². The summed E-state index contributed by atoms with van der Waals surface area (Å²) in [5.74, 6) is 0. The number of hydrogen-bond donors (Lipinski definition) is 1. The Kier molecular flexibility index (Phi) is 2.92. The van der Waals surface area contributed by atoms with Gasteiger partial charge in [0, 0.05) is 17.1 Å². The number of hydrogen-bond acceptors (Lipinski definition) is 4. The topological polar surface area (TPSA) is 51.8 Å². The van der Waals surface area contributed by atoms with Crippen LogP contribution in [0.2, 0.25) is 0 Å². The van der Waals surface area contributed by atoms with Crippen LogP contribution in [0.5, 0.6) is 0 Å². The molecule has 2 heterocycles. The molecule has 3 rings (SSSR count). The van der Waals surface area contributed by atoms with Gasteiger partial charge in [-0.2, -0.15) is 0 Å². The van der Waals surface area contributed by atoms with Gasteiger partial charge in [0.1, 0.15) is 10.7 Å². The van der Waals surface area contributed by atoms with Gasteiger partial charge >= 0.3 is 0 Å². The van der Waals surface area contributed by atoms with Crippen molar-refractivity contribution >= 4 is 11.3 Å². The minimum absolute atomic E-state index is 0.115. The van der Waals surface area contributed by atoms with Crippen molar-refractivity contribution in [1.29, 1.82) is 0 Å². The molecule has 0 spiro atoms. The number of thiazole rings is 1. The third kappa shape index (κ3) is 1.95. The molecule has 94 valence electrons. The summed E-state index contributed by atoms with van der Waals surface area (Å²) < 4.78 is 0. The zero-order valence-electron chi connectivity index (χ0n) is 10.7. The van der Waals surface area contributed by atoms with Crippen LogP contribution in [0.4, 0.5) is 0 Å². The van der Waals surface area contributed by atoms with Crippen molar-refractivity contribution in [1.82, 2.24) is 9.97 Å². The summed E-state index contributed by atoms with van der Waals surface area (Å²) in [6.45, 7) is 4.15. The largest absolute Gasteiger partial charge is 0.323 e. The van der Waals surface area contributed by atoms with E-state index >= 15 is 0 Å². The summed E-state index contributed by atoms with van der Waals surface area (Å²) in [4.78, 5) is 10.6. The van der Waals surface area contributed by atoms with Gasteiger partial charge in [-0.15, -0.1) is 11.3 Å². The van der Waals surface area contributed by atoms with Gasteiger partial charge in [-0.1, -0.05) is 6.07 Å². The predicted octanol–water partition coefficient (Wildman–Crippen LogP) is 3.16. The predicted molar refractivity (Wildman–Crippen MR) is 74.7 cm³/mol. The van der Waals surface area contributed by atoms with E-state index in [2.05, 4.69) is 24.9 Å². The van der Waals surface area contributed by atoms with E-state index in [0.29, 0.717) is 0 Å². The molecule has 1 aliphatic carbocycles. The Balaban J connectivity index is 2.07. The van der Waals surface area contributed by atoms with Crippen LogP contribution in [0.1, 0.15) is 40.6 Å². The SMILES string of the molecule is Cc1cnc(-c2nc3c(s2)CCCC3N)c(C)c1. The van der Waals surface area contributed by atoms with E-state index in [9.17, 15) is 0 Å². The molecule has 3 nitrogen and oxygen atoms in total. The number of pyridine rings is 1. The smallest absolute Gasteiger partial charge is 0.142 e. The summed E-state index contributed by atoms with van der Waals surface area (Å²) in [5.41, 5.74) is 10.6. The highest BCUT2D eigenvalue weighted by Crippen LogP contribution is 2.36. The van der Waals surface area contributed by atoms with E-state index in [0.717, 1.165) is 29.2 Å². The number of rotatable bonds is 1. The molecular formula is C14H17N3S. The molecule has 0 fully saturated rings. The second-order valence-corrected chi connectivity index (χ2v) is 6.09. The number of aromatic nitrogens is 2. The Bertz CT molecular complexity index is 589. The maximum atomic E-state index is 6.12. The average molecular weight is 259 g/mol. The Morgan fingerprint density at radius 2 is 2.22 bits per heavy atom. The zero-order valence-corrected chi connectivity index (χ0v) is 11.5. The monoisotopic (exact) mass is 259 g/mol. The molecule has 0 aromatic carbocycles. The van der Waals surface area contributed by atoms with Crippen LogP contribution in [0, 0.1) is 13.8 Å². The third-order valence-electron chi connectivity index (χ3n) is 3.42. The first kappa shape index (κ1) is 11.8. The average Bonchev–Trinajstić information content (AvgIpc) is 2.74. The van der Waals surface area contributed by atoms with E-state index < -0.39 is 0 Å². The summed E-state index contributed by atoms with van der Waals surface area (Å²) in [5, 5.41) is 1.02. The minimum atomic E-state index is 0.115. The fourth-order valence-electron chi connectivity index (χ4n) is 2.49. The van der Waals surface area contributed by atoms with Gasteiger partial charge in [-0.25, -0.2) is 4.98 Å². The van der Waals surface area contributed by atoms with Crippen molar-refractivity contribution in [3.63, 3.8) is 0 Å².